The molecule has 1 atom stereocenters. The number of ether oxygens (including phenoxy) is 1. The maximum Gasteiger partial charge on any atom is 0.215 e. The molecule has 4 nitrogen and oxygen atoms in total. The van der Waals surface area contributed by atoms with Gasteiger partial charge >= 0.3 is 0 Å². The summed E-state index contributed by atoms with van der Waals surface area (Å²) in [5.41, 5.74) is 5.53. The second-order valence-electron chi connectivity index (χ2n) is 3.52. The number of nitrogens with zero attached hydrogens (tertiary/aromatic N) is 1. The zero-order valence-corrected chi connectivity index (χ0v) is 9.36. The average molecular weight is 209 g/mol. The van der Waals surface area contributed by atoms with Gasteiger partial charge in [0, 0.05) is 12.6 Å². The lowest BCUT2D eigenvalue weighted by Crippen LogP contribution is -2.20. The third-order valence-electron chi connectivity index (χ3n) is 2.05. The predicted molar refractivity (Wildman–Crippen MR) is 62.1 cm³/mol. The molecule has 0 fully saturated rings. The first kappa shape index (κ1) is 11.8. The quantitative estimate of drug-likeness (QED) is 0.745. The number of nitrogens with one attached hydrogen (secondary N) is 1. The summed E-state index contributed by atoms with van der Waals surface area (Å²) in [4.78, 5) is 4.29. The van der Waals surface area contributed by atoms with Crippen LogP contribution in [0.5, 0.6) is 5.88 Å². The predicted octanol–water partition coefficient (Wildman–Crippen LogP) is 1.49. The van der Waals surface area contributed by atoms with Crippen LogP contribution in [0, 0.1) is 5.92 Å². The van der Waals surface area contributed by atoms with Crippen LogP contribution in [0.15, 0.2) is 18.2 Å². The highest BCUT2D eigenvalue weighted by Crippen LogP contribution is 2.11. The number of nitrogens with two attached hydrogens (primary N) is 1. The fourth-order valence-electron chi connectivity index (χ4n) is 1.10. The smallest absolute Gasteiger partial charge is 0.215 e. The van der Waals surface area contributed by atoms with Crippen LogP contribution >= 0.6 is 0 Å². The molecule has 0 amide bonds. The van der Waals surface area contributed by atoms with E-state index >= 15 is 0 Å². The molecule has 1 aromatic heterocycles. The minimum Gasteiger partial charge on any atom is -0.478 e. The zero-order valence-electron chi connectivity index (χ0n) is 9.36. The molecule has 84 valence electrons. The van der Waals surface area contributed by atoms with Crippen LogP contribution in [-0.2, 0) is 0 Å². The van der Waals surface area contributed by atoms with Crippen molar-refractivity contribution in [1.82, 2.24) is 4.98 Å². The van der Waals surface area contributed by atoms with Crippen molar-refractivity contribution in [2.45, 2.75) is 13.8 Å². The molecule has 1 heterocycles. The van der Waals surface area contributed by atoms with Crippen molar-refractivity contribution in [1.29, 1.82) is 0 Å². The summed E-state index contributed by atoms with van der Waals surface area (Å²) in [6, 6.07) is 5.69. The van der Waals surface area contributed by atoms with Gasteiger partial charge in [-0.15, -0.1) is 0 Å². The molecule has 0 aliphatic rings. The van der Waals surface area contributed by atoms with E-state index in [1.54, 1.807) is 0 Å². The van der Waals surface area contributed by atoms with E-state index < -0.39 is 0 Å². The molecule has 0 saturated carbocycles. The van der Waals surface area contributed by atoms with Gasteiger partial charge in [0.05, 0.1) is 6.61 Å². The van der Waals surface area contributed by atoms with Crippen molar-refractivity contribution in [3.63, 3.8) is 0 Å². The van der Waals surface area contributed by atoms with Crippen LogP contribution in [0.4, 0.5) is 5.82 Å². The zero-order chi connectivity index (χ0) is 11.1. The fraction of sp³-hybridized carbons (Fsp3) is 0.545. The number of rotatable bonds is 6. The SMILES string of the molecule is CCOc1cccc(NCC(C)CN)n1. The summed E-state index contributed by atoms with van der Waals surface area (Å²) < 4.78 is 5.30. The Labute approximate surface area is 90.8 Å². The summed E-state index contributed by atoms with van der Waals surface area (Å²) in [5, 5.41) is 3.22. The Morgan fingerprint density at radius 1 is 1.53 bits per heavy atom. The maximum absolute atomic E-state index is 5.53. The van der Waals surface area contributed by atoms with E-state index in [0.717, 1.165) is 12.4 Å². The van der Waals surface area contributed by atoms with Crippen LogP contribution in [0.25, 0.3) is 0 Å². The number of pyridine rings is 1. The van der Waals surface area contributed by atoms with Crippen LogP contribution < -0.4 is 15.8 Å². The third kappa shape index (κ3) is 4.16. The Morgan fingerprint density at radius 3 is 3.00 bits per heavy atom. The van der Waals surface area contributed by atoms with Gasteiger partial charge in [0.15, 0.2) is 0 Å². The van der Waals surface area contributed by atoms with Crippen molar-refractivity contribution < 1.29 is 4.74 Å². The van der Waals surface area contributed by atoms with Gasteiger partial charge in [0.2, 0.25) is 5.88 Å². The third-order valence-corrected chi connectivity index (χ3v) is 2.05. The van der Waals surface area contributed by atoms with E-state index in [9.17, 15) is 0 Å². The normalized spacial score (nSPS) is 12.2. The first-order chi connectivity index (χ1) is 7.26. The van der Waals surface area contributed by atoms with Crippen LogP contribution in [0.1, 0.15) is 13.8 Å². The van der Waals surface area contributed by atoms with Gasteiger partial charge in [-0.3, -0.25) is 0 Å². The molecule has 1 unspecified atom stereocenters. The van der Waals surface area contributed by atoms with Crippen LogP contribution in [0.3, 0.4) is 0 Å². The molecule has 0 aromatic carbocycles. The Morgan fingerprint density at radius 2 is 2.33 bits per heavy atom. The highest BCUT2D eigenvalue weighted by molar-refractivity contribution is 5.36. The minimum atomic E-state index is 0.447. The van der Waals surface area contributed by atoms with Gasteiger partial charge in [-0.25, -0.2) is 0 Å². The van der Waals surface area contributed by atoms with E-state index in [0.29, 0.717) is 24.9 Å². The van der Waals surface area contributed by atoms with Crippen LogP contribution in [0.2, 0.25) is 0 Å². The first-order valence-corrected chi connectivity index (χ1v) is 5.30. The molecule has 0 aliphatic carbocycles. The van der Waals surface area contributed by atoms with E-state index in [-0.39, 0.29) is 0 Å². The molecule has 0 aliphatic heterocycles. The van der Waals surface area contributed by atoms with Gasteiger partial charge in [-0.05, 0) is 25.5 Å². The molecule has 1 aromatic rings. The average Bonchev–Trinajstić information content (AvgIpc) is 2.27. The Kier molecular flexibility index (Phi) is 4.90. The largest absolute Gasteiger partial charge is 0.478 e. The van der Waals surface area contributed by atoms with Gasteiger partial charge < -0.3 is 15.8 Å². The lowest BCUT2D eigenvalue weighted by atomic mass is 10.2. The van der Waals surface area contributed by atoms with Crippen molar-refractivity contribution >= 4 is 5.82 Å². The molecule has 0 saturated heterocycles. The molecular weight excluding hydrogens is 190 g/mol. The highest BCUT2D eigenvalue weighted by atomic mass is 16.5. The summed E-state index contributed by atoms with van der Waals surface area (Å²) in [6.07, 6.45) is 0. The van der Waals surface area contributed by atoms with E-state index in [1.807, 2.05) is 25.1 Å². The van der Waals surface area contributed by atoms with Crippen molar-refractivity contribution in [2.24, 2.45) is 11.7 Å². The fourth-order valence-corrected chi connectivity index (χ4v) is 1.10. The van der Waals surface area contributed by atoms with Gasteiger partial charge in [0.1, 0.15) is 5.82 Å². The standard InChI is InChI=1S/C11H19N3O/c1-3-15-11-6-4-5-10(14-11)13-8-9(2)7-12/h4-6,9H,3,7-8,12H2,1-2H3,(H,13,14). The second kappa shape index (κ2) is 6.24. The van der Waals surface area contributed by atoms with Crippen LogP contribution in [-0.4, -0.2) is 24.7 Å². The molecule has 0 radical (unpaired) electrons. The minimum absolute atomic E-state index is 0.447. The maximum atomic E-state index is 5.53. The molecule has 1 rings (SSSR count). The first-order valence-electron chi connectivity index (χ1n) is 5.30. The Balaban J connectivity index is 2.50. The summed E-state index contributed by atoms with van der Waals surface area (Å²) in [7, 11) is 0. The van der Waals surface area contributed by atoms with E-state index in [2.05, 4.69) is 17.2 Å². The number of hydrogen-bond acceptors (Lipinski definition) is 4. The second-order valence-corrected chi connectivity index (χ2v) is 3.52. The number of anilines is 1. The number of aromatic nitrogens is 1. The molecule has 3 N–H and O–H groups in total. The van der Waals surface area contributed by atoms with Crippen molar-refractivity contribution in [3.05, 3.63) is 18.2 Å². The lowest BCUT2D eigenvalue weighted by Gasteiger charge is -2.11. The topological polar surface area (TPSA) is 60.2 Å². The van der Waals surface area contributed by atoms with E-state index in [1.165, 1.54) is 0 Å². The lowest BCUT2D eigenvalue weighted by molar-refractivity contribution is 0.327. The molecular formula is C11H19N3O. The van der Waals surface area contributed by atoms with Gasteiger partial charge in [0.25, 0.3) is 0 Å². The van der Waals surface area contributed by atoms with Gasteiger partial charge in [-0.1, -0.05) is 13.0 Å². The molecule has 0 spiro atoms. The molecule has 15 heavy (non-hydrogen) atoms. The molecule has 4 heteroatoms. The highest BCUT2D eigenvalue weighted by Gasteiger charge is 2.00. The summed E-state index contributed by atoms with van der Waals surface area (Å²) in [5.74, 6) is 1.94. The van der Waals surface area contributed by atoms with Gasteiger partial charge in [-0.2, -0.15) is 4.98 Å². The van der Waals surface area contributed by atoms with Crippen molar-refractivity contribution in [2.75, 3.05) is 25.0 Å². The molecule has 0 bridgehead atoms. The summed E-state index contributed by atoms with van der Waals surface area (Å²) in [6.45, 7) is 6.19. The Hall–Kier alpha value is -1.29. The number of hydrogen-bond donors (Lipinski definition) is 2. The monoisotopic (exact) mass is 209 g/mol. The van der Waals surface area contributed by atoms with Crippen molar-refractivity contribution in [3.8, 4) is 5.88 Å². The van der Waals surface area contributed by atoms with E-state index in [4.69, 9.17) is 10.5 Å². The Bertz CT molecular complexity index is 291. The summed E-state index contributed by atoms with van der Waals surface area (Å²) >= 11 is 0.